The largest absolute Gasteiger partial charge is 0.488 e. The minimum atomic E-state index is -0.223. The van der Waals surface area contributed by atoms with Gasteiger partial charge in [-0.25, -0.2) is 0 Å². The van der Waals surface area contributed by atoms with Crippen molar-refractivity contribution in [2.45, 2.75) is 91.1 Å². The molecule has 1 atom stereocenters. The Morgan fingerprint density at radius 3 is 1.26 bits per heavy atom. The van der Waals surface area contributed by atoms with Gasteiger partial charge in [0.15, 0.2) is 5.78 Å². The van der Waals surface area contributed by atoms with E-state index in [9.17, 15) is 4.79 Å². The molecule has 0 aromatic heterocycles. The predicted octanol–water partition coefficient (Wildman–Crippen LogP) is 16.5. The number of nitrogens with zero attached hydrogens (tertiary/aromatic N) is 2. The number of carbonyl (C=O) groups is 1. The molecule has 0 saturated carbocycles. The third kappa shape index (κ3) is 10.5. The number of carbonyl (C=O) groups excluding carboxylic acids is 1. The summed E-state index contributed by atoms with van der Waals surface area (Å²) in [5.74, 6) is 2.25. The minimum Gasteiger partial charge on any atom is -0.488 e. The molecule has 316 valence electrons. The van der Waals surface area contributed by atoms with Gasteiger partial charge in [-0.2, -0.15) is 0 Å². The number of para-hydroxylation sites is 2. The van der Waals surface area contributed by atoms with Crippen LogP contribution in [0.3, 0.4) is 0 Å². The van der Waals surface area contributed by atoms with Crippen LogP contribution in [0.4, 0.5) is 34.1 Å². The standard InChI is InChI=1S/C57H60N2O3/c1-7-10-42-56(4,5)62-54-39-33-51(34-40-54)59(47-19-15-12-16-20-47)49-29-27-48(28-30-49)58(46-17-13-11-14-18-46)50-31-37-53(38-32-50)61-52-35-23-44(24-36-52)55(60)43-21-25-45(26-22-43)57(6,9-3)41-8-2/h11-40H,7-10,41-42H2,1-6H3. The Bertz CT molecular complexity index is 2460. The fourth-order valence-electron chi connectivity index (χ4n) is 8.18. The van der Waals surface area contributed by atoms with Gasteiger partial charge in [0.05, 0.1) is 0 Å². The highest BCUT2D eigenvalue weighted by molar-refractivity contribution is 6.09. The van der Waals surface area contributed by atoms with Gasteiger partial charge in [-0.1, -0.05) is 101 Å². The maximum absolute atomic E-state index is 13.4. The van der Waals surface area contributed by atoms with Crippen molar-refractivity contribution in [2.24, 2.45) is 0 Å². The molecule has 0 radical (unpaired) electrons. The Morgan fingerprint density at radius 2 is 0.839 bits per heavy atom. The Kier molecular flexibility index (Phi) is 13.9. The molecule has 7 rings (SSSR count). The van der Waals surface area contributed by atoms with Crippen LogP contribution in [0, 0.1) is 0 Å². The molecular formula is C57H60N2O3. The molecule has 0 aliphatic heterocycles. The number of hydrogen-bond donors (Lipinski definition) is 0. The van der Waals surface area contributed by atoms with Crippen LogP contribution in [-0.4, -0.2) is 11.4 Å². The summed E-state index contributed by atoms with van der Waals surface area (Å²) in [5, 5.41) is 0. The van der Waals surface area contributed by atoms with Crippen LogP contribution in [0.25, 0.3) is 0 Å². The topological polar surface area (TPSA) is 42.0 Å². The summed E-state index contributed by atoms with van der Waals surface area (Å²) < 4.78 is 12.7. The zero-order valence-electron chi connectivity index (χ0n) is 37.2. The van der Waals surface area contributed by atoms with Crippen LogP contribution >= 0.6 is 0 Å². The molecule has 0 aliphatic carbocycles. The molecule has 0 aliphatic rings. The van der Waals surface area contributed by atoms with Crippen molar-refractivity contribution in [3.8, 4) is 17.2 Å². The number of rotatable bonds is 19. The molecule has 0 heterocycles. The molecule has 0 spiro atoms. The molecule has 0 fully saturated rings. The molecule has 0 amide bonds. The average molecular weight is 821 g/mol. The van der Waals surface area contributed by atoms with Gasteiger partial charge in [-0.05, 0) is 172 Å². The summed E-state index contributed by atoms with van der Waals surface area (Å²) in [6.07, 6.45) is 6.62. The summed E-state index contributed by atoms with van der Waals surface area (Å²) in [5.41, 5.74) is 8.74. The molecule has 0 N–H and O–H groups in total. The van der Waals surface area contributed by atoms with Crippen molar-refractivity contribution in [3.63, 3.8) is 0 Å². The number of benzene rings is 7. The van der Waals surface area contributed by atoms with E-state index in [1.165, 1.54) is 5.56 Å². The summed E-state index contributed by atoms with van der Waals surface area (Å²) in [4.78, 5) is 17.9. The summed E-state index contributed by atoms with van der Waals surface area (Å²) in [7, 11) is 0. The quantitative estimate of drug-likeness (QED) is 0.0760. The van der Waals surface area contributed by atoms with E-state index in [0.29, 0.717) is 22.6 Å². The smallest absolute Gasteiger partial charge is 0.193 e. The van der Waals surface area contributed by atoms with E-state index >= 15 is 0 Å². The number of ketones is 1. The van der Waals surface area contributed by atoms with Crippen LogP contribution in [0.15, 0.2) is 182 Å². The highest BCUT2D eigenvalue weighted by Gasteiger charge is 2.24. The van der Waals surface area contributed by atoms with Crippen LogP contribution in [0.1, 0.15) is 102 Å². The summed E-state index contributed by atoms with van der Waals surface area (Å²) in [6.45, 7) is 13.3. The van der Waals surface area contributed by atoms with Crippen molar-refractivity contribution in [3.05, 3.63) is 199 Å². The molecule has 7 aromatic carbocycles. The minimum absolute atomic E-state index is 0.00408. The van der Waals surface area contributed by atoms with E-state index in [1.54, 1.807) is 0 Å². The van der Waals surface area contributed by atoms with Crippen molar-refractivity contribution >= 4 is 39.9 Å². The van der Waals surface area contributed by atoms with E-state index in [-0.39, 0.29) is 16.8 Å². The van der Waals surface area contributed by atoms with E-state index in [2.05, 4.69) is 173 Å². The maximum atomic E-state index is 13.4. The van der Waals surface area contributed by atoms with E-state index in [0.717, 1.165) is 78.4 Å². The first kappa shape index (κ1) is 43.5. The SMILES string of the molecule is CCCCC(C)(C)Oc1ccc(N(c2ccccc2)c2ccc(N(c3ccccc3)c3ccc(Oc4ccc(C(=O)c5ccc(C(C)(CC)CCC)cc5)cc4)cc3)cc2)cc1. The number of unbranched alkanes of at least 4 members (excludes halogenated alkanes) is 1. The number of anilines is 6. The van der Waals surface area contributed by atoms with Crippen molar-refractivity contribution in [2.75, 3.05) is 9.80 Å². The monoisotopic (exact) mass is 820 g/mol. The number of hydrogen-bond acceptors (Lipinski definition) is 5. The lowest BCUT2D eigenvalue weighted by Gasteiger charge is -2.29. The van der Waals surface area contributed by atoms with Gasteiger partial charge in [0.1, 0.15) is 22.8 Å². The Labute approximate surface area is 369 Å². The van der Waals surface area contributed by atoms with Crippen molar-refractivity contribution in [1.82, 2.24) is 0 Å². The van der Waals surface area contributed by atoms with Crippen molar-refractivity contribution < 1.29 is 14.3 Å². The first-order valence-electron chi connectivity index (χ1n) is 22.2. The van der Waals surface area contributed by atoms with Gasteiger partial charge >= 0.3 is 0 Å². The van der Waals surface area contributed by atoms with Gasteiger partial charge < -0.3 is 19.3 Å². The van der Waals surface area contributed by atoms with Gasteiger partial charge in [0, 0.05) is 45.3 Å². The molecular weight excluding hydrogens is 761 g/mol. The molecule has 5 nitrogen and oxygen atoms in total. The first-order valence-corrected chi connectivity index (χ1v) is 22.2. The number of ether oxygens (including phenoxy) is 2. The Hall–Kier alpha value is -6.59. The second-order valence-corrected chi connectivity index (χ2v) is 17.0. The second kappa shape index (κ2) is 19.9. The van der Waals surface area contributed by atoms with Crippen LogP contribution in [-0.2, 0) is 5.41 Å². The third-order valence-corrected chi connectivity index (χ3v) is 11.9. The highest BCUT2D eigenvalue weighted by atomic mass is 16.5. The fourth-order valence-corrected chi connectivity index (χ4v) is 8.18. The van der Waals surface area contributed by atoms with Crippen LogP contribution in [0.5, 0.6) is 17.2 Å². The fraction of sp³-hybridized carbons (Fsp3) is 0.246. The molecule has 5 heteroatoms. The predicted molar refractivity (Wildman–Crippen MR) is 259 cm³/mol. The van der Waals surface area contributed by atoms with E-state index < -0.39 is 0 Å². The van der Waals surface area contributed by atoms with Crippen LogP contribution in [0.2, 0.25) is 0 Å². The van der Waals surface area contributed by atoms with Gasteiger partial charge in [-0.3, -0.25) is 4.79 Å². The first-order chi connectivity index (χ1) is 30.1. The molecule has 0 bridgehead atoms. The second-order valence-electron chi connectivity index (χ2n) is 17.0. The summed E-state index contributed by atoms with van der Waals surface area (Å²) >= 11 is 0. The Morgan fingerprint density at radius 1 is 0.452 bits per heavy atom. The van der Waals surface area contributed by atoms with Gasteiger partial charge in [-0.15, -0.1) is 0 Å². The zero-order valence-corrected chi connectivity index (χ0v) is 37.2. The summed E-state index contributed by atoms with van der Waals surface area (Å²) in [6, 6.07) is 61.6. The normalized spacial score (nSPS) is 12.3. The van der Waals surface area contributed by atoms with Gasteiger partial charge in [0.25, 0.3) is 0 Å². The lowest BCUT2D eigenvalue weighted by atomic mass is 9.76. The molecule has 62 heavy (non-hydrogen) atoms. The third-order valence-electron chi connectivity index (χ3n) is 11.9. The van der Waals surface area contributed by atoms with Crippen LogP contribution < -0.4 is 19.3 Å². The lowest BCUT2D eigenvalue weighted by molar-refractivity contribution is 0.0967. The van der Waals surface area contributed by atoms with Crippen molar-refractivity contribution in [1.29, 1.82) is 0 Å². The lowest BCUT2D eigenvalue weighted by Crippen LogP contribution is -2.27. The van der Waals surface area contributed by atoms with E-state index in [1.807, 2.05) is 60.7 Å². The average Bonchev–Trinajstić information content (AvgIpc) is 3.31. The Balaban J connectivity index is 1.08. The molecule has 7 aromatic rings. The molecule has 1 unspecified atom stereocenters. The van der Waals surface area contributed by atoms with Gasteiger partial charge in [0.2, 0.25) is 0 Å². The zero-order chi connectivity index (χ0) is 43.5. The highest BCUT2D eigenvalue weighted by Crippen LogP contribution is 2.40. The molecule has 0 saturated heterocycles. The van der Waals surface area contributed by atoms with E-state index in [4.69, 9.17) is 9.47 Å². The maximum Gasteiger partial charge on any atom is 0.193 e.